The molecule has 0 saturated heterocycles. The van der Waals surface area contributed by atoms with Gasteiger partial charge in [-0.1, -0.05) is 0 Å². The maximum Gasteiger partial charge on any atom is 0.127 e. The third kappa shape index (κ3) is 3.60. The molecule has 0 unspecified atom stereocenters. The lowest BCUT2D eigenvalue weighted by Crippen LogP contribution is -2.30. The number of hydrogen-bond donors (Lipinski definition) is 2. The van der Waals surface area contributed by atoms with Gasteiger partial charge in [0.2, 0.25) is 0 Å². The van der Waals surface area contributed by atoms with E-state index in [2.05, 4.69) is 32.7 Å². The number of nitrogens with zero attached hydrogens (tertiary/aromatic N) is 2. The fraction of sp³-hybridized carbons (Fsp3) is 0.500. The first-order valence-corrected chi connectivity index (χ1v) is 3.46. The maximum atomic E-state index is 6.76. The highest BCUT2D eigenvalue weighted by Gasteiger charge is 2.04. The highest BCUT2D eigenvalue weighted by molar-refractivity contribution is 7.78. The first-order valence-electron chi connectivity index (χ1n) is 3.05. The van der Waals surface area contributed by atoms with Gasteiger partial charge in [0.05, 0.1) is 11.5 Å². The Morgan fingerprint density at radius 3 is 2.82 bits per heavy atom. The summed E-state index contributed by atoms with van der Waals surface area (Å²) >= 11 is 4.42. The van der Waals surface area contributed by atoms with Gasteiger partial charge in [0.25, 0.3) is 0 Å². The smallest absolute Gasteiger partial charge is 0.127 e. The third-order valence-electron chi connectivity index (χ3n) is 1.10. The highest BCUT2D eigenvalue weighted by Crippen LogP contribution is 1.88. The summed E-state index contributed by atoms with van der Waals surface area (Å²) in [6.45, 7) is 1.82. The highest BCUT2D eigenvalue weighted by atomic mass is 32.1. The van der Waals surface area contributed by atoms with Crippen molar-refractivity contribution in [2.45, 2.75) is 13.0 Å². The van der Waals surface area contributed by atoms with E-state index in [1.54, 1.807) is 7.05 Å². The molecular formula is C6H10N4S. The van der Waals surface area contributed by atoms with E-state index >= 15 is 0 Å². The monoisotopic (exact) mass is 170 g/mol. The van der Waals surface area contributed by atoms with E-state index < -0.39 is 0 Å². The normalized spacial score (nSPS) is 13.1. The average Bonchev–Trinajstić information content (AvgIpc) is 2.00. The van der Waals surface area contributed by atoms with Gasteiger partial charge in [-0.3, -0.25) is 10.4 Å². The van der Waals surface area contributed by atoms with Crippen LogP contribution in [0.5, 0.6) is 0 Å². The van der Waals surface area contributed by atoms with E-state index in [4.69, 9.17) is 5.41 Å². The van der Waals surface area contributed by atoms with Crippen LogP contribution in [0.3, 0.4) is 0 Å². The lowest BCUT2D eigenvalue weighted by atomic mass is 10.3. The van der Waals surface area contributed by atoms with Crippen molar-refractivity contribution in [3.05, 3.63) is 0 Å². The van der Waals surface area contributed by atoms with Crippen LogP contribution in [0.4, 0.5) is 0 Å². The number of isothiocyanates is 1. The molecule has 60 valence electrons. The van der Waals surface area contributed by atoms with Gasteiger partial charge in [-0.15, -0.1) is 0 Å². The number of nitrogens with one attached hydrogen (secondary N) is 2. The summed E-state index contributed by atoms with van der Waals surface area (Å²) < 4.78 is 0. The van der Waals surface area contributed by atoms with Crippen molar-refractivity contribution in [3.63, 3.8) is 0 Å². The standard InChI is InChI=1S/C6H10N4S/c1-5(10-4-11)6(8-2)9-3-7/h3,5H,1-2H3,(H2,7,8,9)/t5-/m1/s1. The molecule has 4 nitrogen and oxygen atoms in total. The fourth-order valence-electron chi connectivity index (χ4n) is 0.586. The summed E-state index contributed by atoms with van der Waals surface area (Å²) in [6.07, 6.45) is 1.05. The largest absolute Gasteiger partial charge is 0.334 e. The maximum absolute atomic E-state index is 6.76. The van der Waals surface area contributed by atoms with E-state index in [0.29, 0.717) is 5.84 Å². The minimum absolute atomic E-state index is 0.154. The molecule has 0 aliphatic carbocycles. The molecule has 0 radical (unpaired) electrons. The molecule has 0 rings (SSSR count). The summed E-state index contributed by atoms with van der Waals surface area (Å²) in [5.74, 6) is 0.609. The Morgan fingerprint density at radius 2 is 2.45 bits per heavy atom. The summed E-state index contributed by atoms with van der Waals surface area (Å²) in [5.41, 5.74) is 0. The minimum atomic E-state index is -0.154. The molecule has 0 saturated carbocycles. The van der Waals surface area contributed by atoms with Crippen molar-refractivity contribution >= 4 is 29.6 Å². The fourth-order valence-corrected chi connectivity index (χ4v) is 0.744. The molecule has 0 aliphatic heterocycles. The van der Waals surface area contributed by atoms with Crippen molar-refractivity contribution in [2.75, 3.05) is 7.05 Å². The molecule has 0 spiro atoms. The van der Waals surface area contributed by atoms with Gasteiger partial charge >= 0.3 is 0 Å². The Hall–Kier alpha value is -1.06. The Morgan fingerprint density at radius 1 is 1.82 bits per heavy atom. The third-order valence-corrected chi connectivity index (χ3v) is 1.21. The molecule has 0 heterocycles. The van der Waals surface area contributed by atoms with Crippen LogP contribution in [-0.4, -0.2) is 30.4 Å². The van der Waals surface area contributed by atoms with Crippen LogP contribution >= 0.6 is 12.2 Å². The molecule has 2 N–H and O–H groups in total. The second kappa shape index (κ2) is 5.70. The van der Waals surface area contributed by atoms with Crippen molar-refractivity contribution in [2.24, 2.45) is 9.98 Å². The second-order valence-electron chi connectivity index (χ2n) is 1.79. The zero-order valence-electron chi connectivity index (χ0n) is 6.46. The molecule has 5 heteroatoms. The van der Waals surface area contributed by atoms with E-state index in [0.717, 1.165) is 6.34 Å². The van der Waals surface area contributed by atoms with E-state index in [1.807, 2.05) is 6.92 Å². The number of rotatable bonds is 3. The van der Waals surface area contributed by atoms with Crippen LogP contribution in [0.15, 0.2) is 9.98 Å². The van der Waals surface area contributed by atoms with E-state index in [1.165, 1.54) is 0 Å². The van der Waals surface area contributed by atoms with Gasteiger partial charge in [-0.2, -0.15) is 0 Å². The Balaban J connectivity index is 4.25. The lowest BCUT2D eigenvalue weighted by molar-refractivity contribution is 0.946. The second-order valence-corrected chi connectivity index (χ2v) is 1.98. The summed E-state index contributed by atoms with van der Waals surface area (Å²) in [7, 11) is 1.63. The molecule has 11 heavy (non-hydrogen) atoms. The molecule has 0 amide bonds. The Bertz CT molecular complexity index is 205. The molecular weight excluding hydrogens is 160 g/mol. The molecule has 0 aromatic rings. The molecule has 1 atom stereocenters. The first kappa shape index (κ1) is 9.94. The summed E-state index contributed by atoms with van der Waals surface area (Å²) in [4.78, 5) is 7.65. The molecule has 0 fully saturated rings. The lowest BCUT2D eigenvalue weighted by Gasteiger charge is -2.06. The number of amidine groups is 1. The van der Waals surface area contributed by atoms with Gasteiger partial charge < -0.3 is 5.32 Å². The predicted octanol–water partition coefficient (Wildman–Crippen LogP) is 0.703. The van der Waals surface area contributed by atoms with Crippen LogP contribution in [0.25, 0.3) is 0 Å². The van der Waals surface area contributed by atoms with Gasteiger partial charge in [0.15, 0.2) is 0 Å². The zero-order chi connectivity index (χ0) is 8.69. The molecule has 0 bridgehead atoms. The van der Waals surface area contributed by atoms with Gasteiger partial charge in [0, 0.05) is 7.05 Å². The van der Waals surface area contributed by atoms with Gasteiger partial charge in [-0.25, -0.2) is 4.99 Å². The van der Waals surface area contributed by atoms with Crippen molar-refractivity contribution < 1.29 is 0 Å². The Kier molecular flexibility index (Phi) is 5.15. The zero-order valence-corrected chi connectivity index (χ0v) is 7.27. The molecule has 0 aromatic heterocycles. The Labute approximate surface area is 70.9 Å². The van der Waals surface area contributed by atoms with Crippen molar-refractivity contribution in [1.29, 1.82) is 5.41 Å². The molecule has 0 aromatic carbocycles. The SMILES string of the molecule is CN=C(NC=N)[C@@H](C)N=C=S. The summed E-state index contributed by atoms with van der Waals surface area (Å²) in [6, 6.07) is -0.154. The number of thiocarbonyl (C=S) groups is 1. The van der Waals surface area contributed by atoms with Gasteiger partial charge in [0.1, 0.15) is 11.9 Å². The van der Waals surface area contributed by atoms with E-state index in [9.17, 15) is 0 Å². The van der Waals surface area contributed by atoms with Gasteiger partial charge in [-0.05, 0) is 19.1 Å². The molecule has 0 aliphatic rings. The minimum Gasteiger partial charge on any atom is -0.334 e. The first-order chi connectivity index (χ1) is 5.26. The predicted molar refractivity (Wildman–Crippen MR) is 49.8 cm³/mol. The van der Waals surface area contributed by atoms with E-state index in [-0.39, 0.29) is 6.04 Å². The number of aliphatic imine (C=N–C) groups is 2. The van der Waals surface area contributed by atoms with Crippen LogP contribution in [0.2, 0.25) is 0 Å². The van der Waals surface area contributed by atoms with Crippen LogP contribution in [0, 0.1) is 5.41 Å². The summed E-state index contributed by atoms with van der Waals surface area (Å²) in [5, 5.41) is 11.6. The number of hydrogen-bond acceptors (Lipinski definition) is 4. The quantitative estimate of drug-likeness (QED) is 0.372. The van der Waals surface area contributed by atoms with Crippen molar-refractivity contribution in [3.8, 4) is 0 Å². The topological polar surface area (TPSA) is 60.6 Å². The average molecular weight is 170 g/mol. The van der Waals surface area contributed by atoms with Crippen molar-refractivity contribution in [1.82, 2.24) is 5.32 Å². The van der Waals surface area contributed by atoms with Crippen LogP contribution < -0.4 is 5.32 Å². The van der Waals surface area contributed by atoms with Crippen LogP contribution in [0.1, 0.15) is 6.92 Å². The van der Waals surface area contributed by atoms with Crippen LogP contribution in [-0.2, 0) is 0 Å².